The zero-order valence-electron chi connectivity index (χ0n) is 33.4. The molecule has 3 nitrogen and oxygen atoms in total. The molecule has 0 N–H and O–H groups in total. The van der Waals surface area contributed by atoms with Crippen LogP contribution in [0.4, 0.5) is 0 Å². The molecule has 0 saturated heterocycles. The SMILES string of the molecule is CC1(C)c2cc(-c3ccc(-c4cc(-c5cccc6c5c5ccccc5n6-c5ccccc5)nc(-c5ccccc5)n4)c4ccccc34)ccc2-c2ccc3ccccc3c21. The number of hydrogen-bond donors (Lipinski definition) is 0. The fraction of sp³-hybridized carbons (Fsp3) is 0.0526. The van der Waals surface area contributed by atoms with E-state index >= 15 is 0 Å². The predicted octanol–water partition coefficient (Wildman–Crippen LogP) is 14.9. The van der Waals surface area contributed by atoms with Gasteiger partial charge in [-0.2, -0.15) is 0 Å². The largest absolute Gasteiger partial charge is 0.309 e. The van der Waals surface area contributed by atoms with Crippen molar-refractivity contribution < 1.29 is 0 Å². The molecule has 282 valence electrons. The summed E-state index contributed by atoms with van der Waals surface area (Å²) >= 11 is 0. The van der Waals surface area contributed by atoms with E-state index < -0.39 is 0 Å². The maximum Gasteiger partial charge on any atom is 0.160 e. The molecule has 3 heteroatoms. The van der Waals surface area contributed by atoms with E-state index in [2.05, 4.69) is 213 Å². The summed E-state index contributed by atoms with van der Waals surface area (Å²) in [5.41, 5.74) is 16.1. The first-order valence-corrected chi connectivity index (χ1v) is 20.7. The van der Waals surface area contributed by atoms with Crippen LogP contribution in [0.15, 0.2) is 200 Å². The van der Waals surface area contributed by atoms with Gasteiger partial charge in [0.05, 0.1) is 22.4 Å². The zero-order valence-corrected chi connectivity index (χ0v) is 33.4. The van der Waals surface area contributed by atoms with Gasteiger partial charge in [-0.25, -0.2) is 9.97 Å². The highest BCUT2D eigenvalue weighted by Gasteiger charge is 2.37. The molecule has 0 atom stereocenters. The van der Waals surface area contributed by atoms with Crippen molar-refractivity contribution in [1.29, 1.82) is 0 Å². The van der Waals surface area contributed by atoms with E-state index in [4.69, 9.17) is 9.97 Å². The quantitative estimate of drug-likeness (QED) is 0.175. The molecule has 2 heterocycles. The van der Waals surface area contributed by atoms with E-state index in [9.17, 15) is 0 Å². The van der Waals surface area contributed by atoms with E-state index in [0.29, 0.717) is 5.82 Å². The average molecular weight is 766 g/mol. The average Bonchev–Trinajstić information content (AvgIpc) is 3.77. The maximum atomic E-state index is 5.35. The lowest BCUT2D eigenvalue weighted by Gasteiger charge is -2.24. The van der Waals surface area contributed by atoms with Gasteiger partial charge in [0, 0.05) is 38.6 Å². The number of aromatic nitrogens is 3. The lowest BCUT2D eigenvalue weighted by atomic mass is 9.79. The number of hydrogen-bond acceptors (Lipinski definition) is 2. The van der Waals surface area contributed by atoms with Crippen LogP contribution in [-0.4, -0.2) is 14.5 Å². The summed E-state index contributed by atoms with van der Waals surface area (Å²) in [6, 6.07) is 72.3. The van der Waals surface area contributed by atoms with Crippen LogP contribution in [0.25, 0.3) is 105 Å². The Bertz CT molecular complexity index is 3500. The van der Waals surface area contributed by atoms with Crippen LogP contribution in [0.3, 0.4) is 0 Å². The van der Waals surface area contributed by atoms with Crippen molar-refractivity contribution in [2.45, 2.75) is 19.3 Å². The smallest absolute Gasteiger partial charge is 0.160 e. The molecular weight excluding hydrogens is 727 g/mol. The van der Waals surface area contributed by atoms with Crippen LogP contribution in [0.5, 0.6) is 0 Å². The maximum absolute atomic E-state index is 5.35. The summed E-state index contributed by atoms with van der Waals surface area (Å²) in [4.78, 5) is 10.7. The number of nitrogens with zero attached hydrogens (tertiary/aromatic N) is 3. The van der Waals surface area contributed by atoms with Gasteiger partial charge in [0.15, 0.2) is 5.82 Å². The Morgan fingerprint density at radius 1 is 0.400 bits per heavy atom. The van der Waals surface area contributed by atoms with Gasteiger partial charge in [-0.1, -0.05) is 178 Å². The van der Waals surface area contributed by atoms with Crippen LogP contribution in [-0.2, 0) is 5.41 Å². The highest BCUT2D eigenvalue weighted by Crippen LogP contribution is 2.52. The Morgan fingerprint density at radius 2 is 1.00 bits per heavy atom. The van der Waals surface area contributed by atoms with Crippen molar-refractivity contribution in [3.63, 3.8) is 0 Å². The lowest BCUT2D eigenvalue weighted by Crippen LogP contribution is -2.15. The second-order valence-corrected chi connectivity index (χ2v) is 16.5. The van der Waals surface area contributed by atoms with E-state index in [0.717, 1.165) is 50.2 Å². The fourth-order valence-electron chi connectivity index (χ4n) is 10.1. The highest BCUT2D eigenvalue weighted by molar-refractivity contribution is 6.16. The Morgan fingerprint density at radius 3 is 1.80 bits per heavy atom. The monoisotopic (exact) mass is 765 g/mol. The van der Waals surface area contributed by atoms with Gasteiger partial charge >= 0.3 is 0 Å². The number of para-hydroxylation sites is 2. The third-order valence-corrected chi connectivity index (χ3v) is 12.8. The molecule has 12 rings (SSSR count). The minimum atomic E-state index is -0.140. The van der Waals surface area contributed by atoms with Gasteiger partial charge in [-0.3, -0.25) is 0 Å². The van der Waals surface area contributed by atoms with E-state index in [1.54, 1.807) is 0 Å². The Hall–Kier alpha value is -7.62. The van der Waals surface area contributed by atoms with E-state index in [-0.39, 0.29) is 5.41 Å². The van der Waals surface area contributed by atoms with Gasteiger partial charge < -0.3 is 4.57 Å². The summed E-state index contributed by atoms with van der Waals surface area (Å²) in [5, 5.41) is 7.35. The Balaban J connectivity index is 1.04. The first-order valence-electron chi connectivity index (χ1n) is 20.7. The first kappa shape index (κ1) is 34.4. The molecule has 1 aliphatic carbocycles. The summed E-state index contributed by atoms with van der Waals surface area (Å²) in [5.74, 6) is 0.702. The van der Waals surface area contributed by atoms with E-state index in [1.807, 2.05) is 6.07 Å². The molecule has 0 aliphatic heterocycles. The van der Waals surface area contributed by atoms with Gasteiger partial charge in [0.2, 0.25) is 0 Å². The Kier molecular flexibility index (Phi) is 7.58. The van der Waals surface area contributed by atoms with Crippen LogP contribution in [0, 0.1) is 0 Å². The lowest BCUT2D eigenvalue weighted by molar-refractivity contribution is 0.666. The molecule has 0 radical (unpaired) electrons. The molecule has 9 aromatic carbocycles. The predicted molar refractivity (Wildman–Crippen MR) is 251 cm³/mol. The summed E-state index contributed by atoms with van der Waals surface area (Å²) < 4.78 is 2.36. The number of fused-ring (bicyclic) bond motifs is 9. The third-order valence-electron chi connectivity index (χ3n) is 12.8. The van der Waals surface area contributed by atoms with Crippen LogP contribution in [0.2, 0.25) is 0 Å². The second kappa shape index (κ2) is 13.2. The summed E-state index contributed by atoms with van der Waals surface area (Å²) in [7, 11) is 0. The minimum Gasteiger partial charge on any atom is -0.309 e. The topological polar surface area (TPSA) is 30.7 Å². The van der Waals surface area contributed by atoms with Gasteiger partial charge in [0.1, 0.15) is 0 Å². The Labute approximate surface area is 348 Å². The molecular formula is C57H39N3. The third kappa shape index (κ3) is 5.15. The zero-order chi connectivity index (χ0) is 40.0. The molecule has 0 fully saturated rings. The second-order valence-electron chi connectivity index (χ2n) is 16.5. The van der Waals surface area contributed by atoms with Crippen LogP contribution < -0.4 is 0 Å². The fourth-order valence-corrected chi connectivity index (χ4v) is 10.1. The molecule has 0 unspecified atom stereocenters. The number of rotatable bonds is 5. The molecule has 0 bridgehead atoms. The molecule has 1 aliphatic rings. The van der Waals surface area contributed by atoms with Gasteiger partial charge in [-0.05, 0) is 91.3 Å². The van der Waals surface area contributed by atoms with Crippen molar-refractivity contribution in [2.75, 3.05) is 0 Å². The van der Waals surface area contributed by atoms with Crippen molar-refractivity contribution in [3.05, 3.63) is 211 Å². The molecule has 60 heavy (non-hydrogen) atoms. The summed E-state index contributed by atoms with van der Waals surface area (Å²) in [6.45, 7) is 4.76. The molecule has 0 amide bonds. The molecule has 0 saturated carbocycles. The van der Waals surface area contributed by atoms with E-state index in [1.165, 1.54) is 60.3 Å². The van der Waals surface area contributed by atoms with Gasteiger partial charge in [0.25, 0.3) is 0 Å². The van der Waals surface area contributed by atoms with Crippen LogP contribution in [0.1, 0.15) is 25.0 Å². The highest BCUT2D eigenvalue weighted by atomic mass is 15.0. The van der Waals surface area contributed by atoms with Crippen molar-refractivity contribution >= 4 is 43.4 Å². The normalized spacial score (nSPS) is 13.0. The van der Waals surface area contributed by atoms with Crippen molar-refractivity contribution in [1.82, 2.24) is 14.5 Å². The van der Waals surface area contributed by atoms with Crippen molar-refractivity contribution in [3.8, 4) is 61.8 Å². The first-order chi connectivity index (χ1) is 29.5. The van der Waals surface area contributed by atoms with Gasteiger partial charge in [-0.15, -0.1) is 0 Å². The molecule has 11 aromatic rings. The molecule has 2 aromatic heterocycles. The van der Waals surface area contributed by atoms with Crippen LogP contribution >= 0.6 is 0 Å². The number of benzene rings is 9. The molecule has 0 spiro atoms. The summed E-state index contributed by atoms with van der Waals surface area (Å²) in [6.07, 6.45) is 0. The van der Waals surface area contributed by atoms with Crippen molar-refractivity contribution in [2.24, 2.45) is 0 Å². The standard InChI is InChI=1S/C57H39N3/c1-57(2)49-34-38(29-30-44(49)46-31-28-36-16-9-10-21-41(36)55(46)57)40-32-33-45(43-23-12-11-22-42(40)43)50-35-51(59-56(58-50)37-17-5-3-6-18-37)47-25-15-27-53-54(47)48-24-13-14-26-52(48)60(53)39-19-7-4-8-20-39/h3-35H,1-2H3. The minimum absolute atomic E-state index is 0.140.